The first-order valence-electron chi connectivity index (χ1n) is 8.28. The number of benzene rings is 2. The van der Waals surface area contributed by atoms with E-state index in [1.165, 1.54) is 31.4 Å². The van der Waals surface area contributed by atoms with E-state index < -0.39 is 10.1 Å². The minimum Gasteiger partial charge on any atom is -0.493 e. The molecule has 2 amide bonds. The third-order valence-corrected chi connectivity index (χ3v) is 6.06. The van der Waals surface area contributed by atoms with Crippen LogP contribution in [0, 0.1) is 0 Å². The third-order valence-electron chi connectivity index (χ3n) is 3.91. The van der Waals surface area contributed by atoms with Gasteiger partial charge in [-0.1, -0.05) is 24.3 Å². The van der Waals surface area contributed by atoms with Crippen LogP contribution in [-0.4, -0.2) is 38.1 Å². The number of likely N-dealkylation sites (N-methyl/N-ethyl adjacent to an activating group) is 1. The molecule has 9 heteroatoms. The molecule has 0 aliphatic carbocycles. The van der Waals surface area contributed by atoms with E-state index in [-0.39, 0.29) is 27.5 Å². The van der Waals surface area contributed by atoms with Gasteiger partial charge in [0.2, 0.25) is 0 Å². The molecule has 1 heterocycles. The van der Waals surface area contributed by atoms with Crippen LogP contribution in [0.4, 0.5) is 4.79 Å². The predicted octanol–water partition coefficient (Wildman–Crippen LogP) is 3.52. The van der Waals surface area contributed by atoms with Gasteiger partial charge in [-0.2, -0.15) is 8.42 Å². The van der Waals surface area contributed by atoms with Crippen LogP contribution in [-0.2, 0) is 14.9 Å². The number of hydrogen-bond donors (Lipinski definition) is 0. The lowest BCUT2D eigenvalue weighted by atomic mass is 10.2. The molecule has 1 aliphatic rings. The minimum absolute atomic E-state index is 0.0187. The lowest BCUT2D eigenvalue weighted by Crippen LogP contribution is -2.27. The standard InChI is InChI=1S/C19H17NO6S2/c1-3-20-18(21)17(27-19(20)22)12-13-9-10-15(16(11-13)25-2)26-28(23,24)14-7-5-4-6-8-14/h4-12H,3H2,1-2H3/b17-12-. The van der Waals surface area contributed by atoms with Crippen LogP contribution in [0.1, 0.15) is 12.5 Å². The number of ether oxygens (including phenoxy) is 1. The first kappa shape index (κ1) is 20.0. The van der Waals surface area contributed by atoms with E-state index in [0.717, 1.165) is 16.7 Å². The molecule has 1 fully saturated rings. The maximum atomic E-state index is 12.4. The van der Waals surface area contributed by atoms with Gasteiger partial charge in [-0.25, -0.2) is 0 Å². The molecule has 146 valence electrons. The minimum atomic E-state index is -4.01. The van der Waals surface area contributed by atoms with E-state index in [9.17, 15) is 18.0 Å². The summed E-state index contributed by atoms with van der Waals surface area (Å²) in [5.74, 6) is -0.156. The second kappa shape index (κ2) is 8.07. The van der Waals surface area contributed by atoms with Crippen LogP contribution in [0.15, 0.2) is 58.3 Å². The second-order valence-electron chi connectivity index (χ2n) is 5.69. The Balaban J connectivity index is 1.89. The number of carbonyl (C=O) groups excluding carboxylic acids is 2. The Morgan fingerprint density at radius 1 is 1.07 bits per heavy atom. The Morgan fingerprint density at radius 2 is 1.79 bits per heavy atom. The summed E-state index contributed by atoms with van der Waals surface area (Å²) in [7, 11) is -2.63. The van der Waals surface area contributed by atoms with Gasteiger partial charge in [0.05, 0.1) is 12.0 Å². The molecule has 0 radical (unpaired) electrons. The Morgan fingerprint density at radius 3 is 2.39 bits per heavy atom. The average molecular weight is 419 g/mol. The highest BCUT2D eigenvalue weighted by Crippen LogP contribution is 2.35. The fourth-order valence-electron chi connectivity index (χ4n) is 2.52. The van der Waals surface area contributed by atoms with Gasteiger partial charge in [0.15, 0.2) is 11.5 Å². The van der Waals surface area contributed by atoms with Crippen LogP contribution >= 0.6 is 11.8 Å². The van der Waals surface area contributed by atoms with Crippen LogP contribution in [0.3, 0.4) is 0 Å². The molecule has 0 unspecified atom stereocenters. The van der Waals surface area contributed by atoms with E-state index in [0.29, 0.717) is 17.0 Å². The summed E-state index contributed by atoms with van der Waals surface area (Å²) in [5.41, 5.74) is 0.572. The number of methoxy groups -OCH3 is 1. The molecule has 7 nitrogen and oxygen atoms in total. The molecule has 3 rings (SSSR count). The van der Waals surface area contributed by atoms with E-state index in [4.69, 9.17) is 8.92 Å². The zero-order chi connectivity index (χ0) is 20.3. The van der Waals surface area contributed by atoms with Crippen molar-refractivity contribution >= 4 is 39.1 Å². The summed E-state index contributed by atoms with van der Waals surface area (Å²) < 4.78 is 35.2. The molecule has 1 aliphatic heterocycles. The highest BCUT2D eigenvalue weighted by Gasteiger charge is 2.33. The number of thioether (sulfide) groups is 1. The van der Waals surface area contributed by atoms with Gasteiger partial charge < -0.3 is 8.92 Å². The third kappa shape index (κ3) is 4.05. The summed E-state index contributed by atoms with van der Waals surface area (Å²) in [5, 5.41) is -0.320. The van der Waals surface area contributed by atoms with Gasteiger partial charge in [0, 0.05) is 6.54 Å². The molecule has 2 aromatic carbocycles. The fraction of sp³-hybridized carbons (Fsp3) is 0.158. The van der Waals surface area contributed by atoms with Gasteiger partial charge in [-0.05, 0) is 54.6 Å². The number of rotatable bonds is 6. The first-order chi connectivity index (χ1) is 13.4. The molecule has 28 heavy (non-hydrogen) atoms. The SMILES string of the molecule is CCN1C(=O)S/C(=C\c2ccc(OS(=O)(=O)c3ccccc3)c(OC)c2)C1=O. The van der Waals surface area contributed by atoms with Crippen LogP contribution in [0.2, 0.25) is 0 Å². The quantitative estimate of drug-likeness (QED) is 0.523. The summed E-state index contributed by atoms with van der Waals surface area (Å²) in [4.78, 5) is 25.5. The fourth-order valence-corrected chi connectivity index (χ4v) is 4.38. The number of carbonyl (C=O) groups is 2. The molecule has 0 bridgehead atoms. The molecule has 0 aromatic heterocycles. The molecule has 0 spiro atoms. The lowest BCUT2D eigenvalue weighted by molar-refractivity contribution is -0.122. The average Bonchev–Trinajstić information content (AvgIpc) is 2.96. The van der Waals surface area contributed by atoms with Crippen molar-refractivity contribution in [2.24, 2.45) is 0 Å². The summed E-state index contributed by atoms with van der Waals surface area (Å²) in [6.45, 7) is 2.02. The molecular weight excluding hydrogens is 402 g/mol. The molecule has 1 saturated heterocycles. The predicted molar refractivity (Wildman–Crippen MR) is 106 cm³/mol. The van der Waals surface area contributed by atoms with E-state index in [2.05, 4.69) is 0 Å². The lowest BCUT2D eigenvalue weighted by Gasteiger charge is -2.11. The zero-order valence-electron chi connectivity index (χ0n) is 15.1. The number of hydrogen-bond acceptors (Lipinski definition) is 7. The Labute approximate surface area is 167 Å². The van der Waals surface area contributed by atoms with Crippen molar-refractivity contribution in [3.63, 3.8) is 0 Å². The zero-order valence-corrected chi connectivity index (χ0v) is 16.7. The Hall–Kier alpha value is -2.78. The largest absolute Gasteiger partial charge is 0.493 e. The van der Waals surface area contributed by atoms with Crippen LogP contribution in [0.5, 0.6) is 11.5 Å². The number of imide groups is 1. The van der Waals surface area contributed by atoms with Crippen molar-refractivity contribution in [1.82, 2.24) is 4.90 Å². The molecular formula is C19H17NO6S2. The van der Waals surface area contributed by atoms with Crippen LogP contribution in [0.25, 0.3) is 6.08 Å². The maximum absolute atomic E-state index is 12.4. The monoisotopic (exact) mass is 419 g/mol. The summed E-state index contributed by atoms with van der Waals surface area (Å²) in [6.07, 6.45) is 1.55. The summed E-state index contributed by atoms with van der Waals surface area (Å²) >= 11 is 0.857. The molecule has 0 N–H and O–H groups in total. The van der Waals surface area contributed by atoms with E-state index in [1.807, 2.05) is 0 Å². The Bertz CT molecular complexity index is 1050. The first-order valence-corrected chi connectivity index (χ1v) is 10.5. The number of nitrogens with zero attached hydrogens (tertiary/aromatic N) is 1. The topological polar surface area (TPSA) is 90.0 Å². The molecule has 0 atom stereocenters. The van der Waals surface area contributed by atoms with Crippen molar-refractivity contribution in [2.45, 2.75) is 11.8 Å². The van der Waals surface area contributed by atoms with Gasteiger partial charge in [-0.15, -0.1) is 0 Å². The van der Waals surface area contributed by atoms with Gasteiger partial charge in [0.1, 0.15) is 4.90 Å². The summed E-state index contributed by atoms with van der Waals surface area (Å²) in [6, 6.07) is 12.3. The highest BCUT2D eigenvalue weighted by atomic mass is 32.2. The van der Waals surface area contributed by atoms with Crippen molar-refractivity contribution in [3.8, 4) is 11.5 Å². The van der Waals surface area contributed by atoms with Gasteiger partial charge in [-0.3, -0.25) is 14.5 Å². The van der Waals surface area contributed by atoms with E-state index in [1.54, 1.807) is 37.3 Å². The normalized spacial score (nSPS) is 15.9. The van der Waals surface area contributed by atoms with Crippen LogP contribution < -0.4 is 8.92 Å². The Kier molecular flexibility index (Phi) is 5.76. The number of amides is 2. The highest BCUT2D eigenvalue weighted by molar-refractivity contribution is 8.18. The smallest absolute Gasteiger partial charge is 0.339 e. The van der Waals surface area contributed by atoms with Crippen molar-refractivity contribution in [2.75, 3.05) is 13.7 Å². The van der Waals surface area contributed by atoms with Gasteiger partial charge in [0.25, 0.3) is 11.1 Å². The van der Waals surface area contributed by atoms with Crippen molar-refractivity contribution in [3.05, 3.63) is 59.0 Å². The molecule has 2 aromatic rings. The maximum Gasteiger partial charge on any atom is 0.339 e. The van der Waals surface area contributed by atoms with Gasteiger partial charge >= 0.3 is 10.1 Å². The second-order valence-corrected chi connectivity index (χ2v) is 8.23. The van der Waals surface area contributed by atoms with E-state index >= 15 is 0 Å². The molecule has 0 saturated carbocycles. The van der Waals surface area contributed by atoms with Crippen molar-refractivity contribution < 1.29 is 26.9 Å². The van der Waals surface area contributed by atoms with Crippen molar-refractivity contribution in [1.29, 1.82) is 0 Å².